The smallest absolute Gasteiger partial charge is 0.254 e. The Labute approximate surface area is 203 Å². The summed E-state index contributed by atoms with van der Waals surface area (Å²) in [5.41, 5.74) is 3.32. The van der Waals surface area contributed by atoms with Gasteiger partial charge < -0.3 is 9.80 Å². The first-order valence-electron chi connectivity index (χ1n) is 11.4. The number of aromatic nitrogens is 1. The summed E-state index contributed by atoms with van der Waals surface area (Å²) in [5, 5.41) is 1.04. The Kier molecular flexibility index (Phi) is 6.18. The highest BCUT2D eigenvalue weighted by Crippen LogP contribution is 2.18. The van der Waals surface area contributed by atoms with E-state index in [2.05, 4.69) is 4.98 Å². The molecule has 1 aromatic heterocycles. The first kappa shape index (κ1) is 22.2. The minimum absolute atomic E-state index is 0.0237. The third-order valence-corrected chi connectivity index (χ3v) is 6.02. The second-order valence-corrected chi connectivity index (χ2v) is 8.31. The van der Waals surface area contributed by atoms with E-state index in [9.17, 15) is 14.4 Å². The molecule has 3 aromatic carbocycles. The zero-order valence-corrected chi connectivity index (χ0v) is 19.0. The second kappa shape index (κ2) is 9.73. The number of carbonyl (C=O) groups is 3. The highest BCUT2D eigenvalue weighted by atomic mass is 16.2. The van der Waals surface area contributed by atoms with Crippen LogP contribution < -0.4 is 4.90 Å². The van der Waals surface area contributed by atoms with Crippen LogP contribution in [0.25, 0.3) is 17.0 Å². The fourth-order valence-corrected chi connectivity index (χ4v) is 4.12. The van der Waals surface area contributed by atoms with E-state index in [1.165, 1.54) is 6.08 Å². The summed E-state index contributed by atoms with van der Waals surface area (Å²) in [6.45, 7) is 0.913. The Hall–Kier alpha value is -4.58. The number of carbonyl (C=O) groups excluding carboxylic acids is 3. The van der Waals surface area contributed by atoms with Crippen molar-refractivity contribution in [3.05, 3.63) is 114 Å². The molecule has 1 saturated heterocycles. The molecule has 35 heavy (non-hydrogen) atoms. The molecular formula is C29H23N3O3. The van der Waals surface area contributed by atoms with Crippen LogP contribution in [-0.4, -0.2) is 47.1 Å². The fourth-order valence-electron chi connectivity index (χ4n) is 4.12. The fraction of sp³-hybridized carbons (Fsp3) is 0.103. The molecule has 0 aliphatic carbocycles. The van der Waals surface area contributed by atoms with Crippen LogP contribution in [0.4, 0.5) is 5.69 Å². The molecule has 0 saturated carbocycles. The number of rotatable bonds is 5. The van der Waals surface area contributed by atoms with Gasteiger partial charge in [-0.1, -0.05) is 54.6 Å². The highest BCUT2D eigenvalue weighted by Gasteiger charge is 2.28. The number of amides is 2. The van der Waals surface area contributed by atoms with E-state index in [1.807, 2.05) is 66.7 Å². The van der Waals surface area contributed by atoms with Crippen molar-refractivity contribution < 1.29 is 14.4 Å². The molecular weight excluding hydrogens is 438 g/mol. The Morgan fingerprint density at radius 2 is 1.49 bits per heavy atom. The van der Waals surface area contributed by atoms with Crippen LogP contribution in [0.3, 0.4) is 0 Å². The summed E-state index contributed by atoms with van der Waals surface area (Å²) in [6, 6.07) is 27.6. The molecule has 0 bridgehead atoms. The van der Waals surface area contributed by atoms with Crippen molar-refractivity contribution in [3.63, 3.8) is 0 Å². The number of anilines is 1. The number of hydrogen-bond donors (Lipinski definition) is 0. The molecule has 5 rings (SSSR count). The summed E-state index contributed by atoms with van der Waals surface area (Å²) in [5.74, 6) is -0.512. The molecule has 1 aliphatic rings. The lowest BCUT2D eigenvalue weighted by molar-refractivity contribution is -0.120. The molecule has 0 unspecified atom stereocenters. The maximum Gasteiger partial charge on any atom is 0.254 e. The Bertz CT molecular complexity index is 1430. The van der Waals surface area contributed by atoms with Crippen LogP contribution in [0.1, 0.15) is 26.4 Å². The third kappa shape index (κ3) is 4.87. The predicted octanol–water partition coefficient (Wildman–Crippen LogP) is 4.62. The van der Waals surface area contributed by atoms with Gasteiger partial charge in [-0.2, -0.15) is 0 Å². The molecule has 172 valence electrons. The van der Waals surface area contributed by atoms with Gasteiger partial charge in [0.15, 0.2) is 5.78 Å². The number of ketones is 1. The standard InChI is InChI=1S/C29H23N3O3/c33-27(17-16-24-15-14-21-6-4-5-9-26(21)30-24)22-10-12-23(13-11-22)29(35)31-18-19-32(28(34)20-31)25-7-2-1-3-8-25/h1-17H,18-20H2. The van der Waals surface area contributed by atoms with Crippen LogP contribution in [0.15, 0.2) is 97.1 Å². The lowest BCUT2D eigenvalue weighted by Gasteiger charge is -2.34. The van der Waals surface area contributed by atoms with Crippen molar-refractivity contribution in [2.24, 2.45) is 0 Å². The highest BCUT2D eigenvalue weighted by molar-refractivity contribution is 6.07. The lowest BCUT2D eigenvalue weighted by Crippen LogP contribution is -2.52. The normalized spacial score (nSPS) is 14.0. The molecule has 6 heteroatoms. The van der Waals surface area contributed by atoms with E-state index < -0.39 is 0 Å². The van der Waals surface area contributed by atoms with Crippen LogP contribution in [-0.2, 0) is 4.79 Å². The summed E-state index contributed by atoms with van der Waals surface area (Å²) >= 11 is 0. The topological polar surface area (TPSA) is 70.6 Å². The van der Waals surface area contributed by atoms with E-state index in [0.717, 1.165) is 16.6 Å². The molecule has 0 atom stereocenters. The van der Waals surface area contributed by atoms with Crippen molar-refractivity contribution in [2.75, 3.05) is 24.5 Å². The van der Waals surface area contributed by atoms with E-state index in [4.69, 9.17) is 0 Å². The number of para-hydroxylation sites is 2. The molecule has 0 N–H and O–H groups in total. The number of benzene rings is 3. The SMILES string of the molecule is O=C(C=Cc1ccc2ccccc2n1)c1ccc(C(=O)N2CCN(c3ccccc3)C(=O)C2)cc1. The first-order valence-corrected chi connectivity index (χ1v) is 11.4. The molecule has 1 aliphatic heterocycles. The molecule has 1 fully saturated rings. The van der Waals surface area contributed by atoms with Gasteiger partial charge >= 0.3 is 0 Å². The van der Waals surface area contributed by atoms with Gasteiger partial charge in [-0.15, -0.1) is 0 Å². The molecule has 2 heterocycles. The van der Waals surface area contributed by atoms with Crippen molar-refractivity contribution in [2.45, 2.75) is 0 Å². The first-order chi connectivity index (χ1) is 17.1. The molecule has 6 nitrogen and oxygen atoms in total. The molecule has 0 radical (unpaired) electrons. The molecule has 2 amide bonds. The zero-order chi connectivity index (χ0) is 24.2. The lowest BCUT2D eigenvalue weighted by atomic mass is 10.1. The van der Waals surface area contributed by atoms with Crippen LogP contribution >= 0.6 is 0 Å². The van der Waals surface area contributed by atoms with Gasteiger partial charge in [0.2, 0.25) is 5.91 Å². The second-order valence-electron chi connectivity index (χ2n) is 8.31. The minimum Gasteiger partial charge on any atom is -0.328 e. The monoisotopic (exact) mass is 461 g/mol. The molecule has 0 spiro atoms. The summed E-state index contributed by atoms with van der Waals surface area (Å²) < 4.78 is 0. The summed E-state index contributed by atoms with van der Waals surface area (Å²) in [7, 11) is 0. The summed E-state index contributed by atoms with van der Waals surface area (Å²) in [6.07, 6.45) is 3.17. The largest absolute Gasteiger partial charge is 0.328 e. The van der Waals surface area contributed by atoms with Gasteiger partial charge in [0.1, 0.15) is 6.54 Å². The molecule has 4 aromatic rings. The van der Waals surface area contributed by atoms with Crippen molar-refractivity contribution in [1.82, 2.24) is 9.88 Å². The summed E-state index contributed by atoms with van der Waals surface area (Å²) in [4.78, 5) is 46.0. The Morgan fingerprint density at radius 3 is 2.26 bits per heavy atom. The average molecular weight is 462 g/mol. The average Bonchev–Trinajstić information content (AvgIpc) is 2.91. The van der Waals surface area contributed by atoms with Crippen LogP contribution in [0, 0.1) is 0 Å². The maximum atomic E-state index is 12.9. The number of pyridine rings is 1. The van der Waals surface area contributed by atoms with Gasteiger partial charge in [0.05, 0.1) is 11.2 Å². The Morgan fingerprint density at radius 1 is 0.771 bits per heavy atom. The van der Waals surface area contributed by atoms with E-state index in [-0.39, 0.29) is 24.1 Å². The van der Waals surface area contributed by atoms with Crippen LogP contribution in [0.5, 0.6) is 0 Å². The number of piperazine rings is 1. The third-order valence-electron chi connectivity index (χ3n) is 6.02. The zero-order valence-electron chi connectivity index (χ0n) is 19.0. The maximum absolute atomic E-state index is 12.9. The quantitative estimate of drug-likeness (QED) is 0.321. The van der Waals surface area contributed by atoms with Crippen molar-refractivity contribution in [3.8, 4) is 0 Å². The minimum atomic E-state index is -0.221. The number of fused-ring (bicyclic) bond motifs is 1. The van der Waals surface area contributed by atoms with Gasteiger partial charge in [-0.25, -0.2) is 4.98 Å². The van der Waals surface area contributed by atoms with E-state index in [0.29, 0.717) is 29.9 Å². The van der Waals surface area contributed by atoms with Gasteiger partial charge in [-0.3, -0.25) is 14.4 Å². The van der Waals surface area contributed by atoms with E-state index in [1.54, 1.807) is 40.1 Å². The van der Waals surface area contributed by atoms with Crippen molar-refractivity contribution in [1.29, 1.82) is 0 Å². The van der Waals surface area contributed by atoms with Gasteiger partial charge in [0.25, 0.3) is 5.91 Å². The van der Waals surface area contributed by atoms with Crippen LogP contribution in [0.2, 0.25) is 0 Å². The predicted molar refractivity (Wildman–Crippen MR) is 136 cm³/mol. The van der Waals surface area contributed by atoms with Crippen molar-refractivity contribution >= 4 is 40.3 Å². The van der Waals surface area contributed by atoms with E-state index >= 15 is 0 Å². The Balaban J connectivity index is 1.22. The van der Waals surface area contributed by atoms with Gasteiger partial charge in [-0.05, 0) is 48.6 Å². The van der Waals surface area contributed by atoms with Gasteiger partial charge in [0, 0.05) is 35.3 Å². The number of allylic oxidation sites excluding steroid dienone is 1. The number of hydrogen-bond acceptors (Lipinski definition) is 4. The number of nitrogens with zero attached hydrogens (tertiary/aromatic N) is 3.